The second-order valence-corrected chi connectivity index (χ2v) is 5.92. The van der Waals surface area contributed by atoms with Gasteiger partial charge in [-0.1, -0.05) is 66.7 Å². The lowest BCUT2D eigenvalue weighted by Gasteiger charge is -2.06. The number of azo groups is 1. The van der Waals surface area contributed by atoms with E-state index in [4.69, 9.17) is 0 Å². The first-order valence-electron chi connectivity index (χ1n) is 8.23. The average Bonchev–Trinajstić information content (AvgIpc) is 2.69. The summed E-state index contributed by atoms with van der Waals surface area (Å²) in [5, 5.41) is 30.5. The number of hydrogen-bond acceptors (Lipinski definition) is 4. The van der Waals surface area contributed by atoms with Crippen LogP contribution in [0.1, 0.15) is 0 Å². The first-order chi connectivity index (χ1) is 12.7. The molecule has 4 heteroatoms. The van der Waals surface area contributed by atoms with E-state index in [1.165, 1.54) is 0 Å². The van der Waals surface area contributed by atoms with E-state index in [1.807, 2.05) is 66.7 Å². The van der Waals surface area contributed by atoms with Gasteiger partial charge < -0.3 is 10.2 Å². The van der Waals surface area contributed by atoms with Crippen LogP contribution in [0.3, 0.4) is 0 Å². The molecule has 0 aliphatic heterocycles. The van der Waals surface area contributed by atoms with E-state index < -0.39 is 0 Å². The molecule has 4 aromatic carbocycles. The molecule has 0 atom stereocenters. The molecule has 4 rings (SSSR count). The maximum Gasteiger partial charge on any atom is 0.143 e. The molecule has 0 aliphatic carbocycles. The van der Waals surface area contributed by atoms with Crippen molar-refractivity contribution in [3.8, 4) is 22.6 Å². The summed E-state index contributed by atoms with van der Waals surface area (Å²) in [6.07, 6.45) is 0. The smallest absolute Gasteiger partial charge is 0.143 e. The minimum Gasteiger partial charge on any atom is -0.506 e. The molecule has 126 valence electrons. The summed E-state index contributed by atoms with van der Waals surface area (Å²) >= 11 is 0. The largest absolute Gasteiger partial charge is 0.506 e. The standard InChI is InChI=1S/C22H16N2O2/c25-20-12-11-17(15-6-2-1-3-7-15)14-19(20)23-24-22-18-9-5-4-8-16(18)10-13-21(22)26/h1-14,25-26H. The minimum atomic E-state index is 0.0353. The van der Waals surface area contributed by atoms with Crippen molar-refractivity contribution in [2.75, 3.05) is 0 Å². The summed E-state index contributed by atoms with van der Waals surface area (Å²) in [5.74, 6) is 0.0827. The average molecular weight is 340 g/mol. The molecule has 0 bridgehead atoms. The Morgan fingerprint density at radius 2 is 1.31 bits per heavy atom. The molecular formula is C22H16N2O2. The molecule has 0 fully saturated rings. The highest BCUT2D eigenvalue weighted by Gasteiger charge is 2.08. The van der Waals surface area contributed by atoms with Gasteiger partial charge in [0.2, 0.25) is 0 Å². The summed E-state index contributed by atoms with van der Waals surface area (Å²) in [4.78, 5) is 0. The van der Waals surface area contributed by atoms with E-state index in [2.05, 4.69) is 10.2 Å². The van der Waals surface area contributed by atoms with Crippen LogP contribution < -0.4 is 0 Å². The third-order valence-corrected chi connectivity index (χ3v) is 4.22. The van der Waals surface area contributed by atoms with Crippen LogP contribution in [0.2, 0.25) is 0 Å². The van der Waals surface area contributed by atoms with Gasteiger partial charge in [0.25, 0.3) is 0 Å². The van der Waals surface area contributed by atoms with Crippen molar-refractivity contribution in [3.63, 3.8) is 0 Å². The van der Waals surface area contributed by atoms with Crippen LogP contribution in [0.15, 0.2) is 95.2 Å². The first-order valence-corrected chi connectivity index (χ1v) is 8.23. The quantitative estimate of drug-likeness (QED) is 0.428. The predicted octanol–water partition coefficient (Wildman–Crippen LogP) is 6.33. The molecule has 4 aromatic rings. The Balaban J connectivity index is 1.77. The van der Waals surface area contributed by atoms with Crippen molar-refractivity contribution < 1.29 is 10.2 Å². The second kappa shape index (κ2) is 6.69. The van der Waals surface area contributed by atoms with Crippen molar-refractivity contribution in [2.45, 2.75) is 0 Å². The summed E-state index contributed by atoms with van der Waals surface area (Å²) < 4.78 is 0. The number of benzene rings is 4. The van der Waals surface area contributed by atoms with E-state index in [0.29, 0.717) is 11.4 Å². The highest BCUT2D eigenvalue weighted by Crippen LogP contribution is 2.38. The fourth-order valence-electron chi connectivity index (χ4n) is 2.87. The summed E-state index contributed by atoms with van der Waals surface area (Å²) in [5.41, 5.74) is 2.68. The van der Waals surface area contributed by atoms with E-state index in [0.717, 1.165) is 21.9 Å². The molecule has 0 aromatic heterocycles. The molecule has 0 unspecified atom stereocenters. The number of nitrogens with zero attached hydrogens (tertiary/aromatic N) is 2. The van der Waals surface area contributed by atoms with Crippen LogP contribution in [0, 0.1) is 0 Å². The molecule has 0 saturated heterocycles. The molecule has 0 saturated carbocycles. The first kappa shape index (κ1) is 15.8. The topological polar surface area (TPSA) is 65.2 Å². The van der Waals surface area contributed by atoms with Gasteiger partial charge in [0, 0.05) is 5.39 Å². The molecule has 0 heterocycles. The third-order valence-electron chi connectivity index (χ3n) is 4.22. The van der Waals surface area contributed by atoms with Gasteiger partial charge in [-0.05, 0) is 34.7 Å². The monoisotopic (exact) mass is 340 g/mol. The summed E-state index contributed by atoms with van der Waals surface area (Å²) in [6.45, 7) is 0. The van der Waals surface area contributed by atoms with Crippen molar-refractivity contribution in [2.24, 2.45) is 10.2 Å². The van der Waals surface area contributed by atoms with Gasteiger partial charge >= 0.3 is 0 Å². The maximum absolute atomic E-state index is 10.2. The Hall–Kier alpha value is -3.66. The van der Waals surface area contributed by atoms with Crippen molar-refractivity contribution in [1.29, 1.82) is 0 Å². The van der Waals surface area contributed by atoms with E-state index in [9.17, 15) is 10.2 Å². The number of rotatable bonds is 3. The Bertz CT molecular complexity index is 1110. The van der Waals surface area contributed by atoms with Crippen LogP contribution in [-0.4, -0.2) is 10.2 Å². The second-order valence-electron chi connectivity index (χ2n) is 5.92. The van der Waals surface area contributed by atoms with Crippen LogP contribution in [0.5, 0.6) is 11.5 Å². The van der Waals surface area contributed by atoms with E-state index in [1.54, 1.807) is 18.2 Å². The Morgan fingerprint density at radius 1 is 0.577 bits per heavy atom. The fraction of sp³-hybridized carbons (Fsp3) is 0. The molecule has 0 radical (unpaired) electrons. The van der Waals surface area contributed by atoms with Gasteiger partial charge in [0.1, 0.15) is 22.9 Å². The van der Waals surface area contributed by atoms with Crippen LogP contribution in [-0.2, 0) is 0 Å². The van der Waals surface area contributed by atoms with Gasteiger partial charge in [-0.2, -0.15) is 0 Å². The van der Waals surface area contributed by atoms with Gasteiger partial charge in [-0.25, -0.2) is 0 Å². The lowest BCUT2D eigenvalue weighted by atomic mass is 10.1. The van der Waals surface area contributed by atoms with Crippen molar-refractivity contribution in [1.82, 2.24) is 0 Å². The molecule has 0 aliphatic rings. The molecule has 4 nitrogen and oxygen atoms in total. The molecule has 0 spiro atoms. The van der Waals surface area contributed by atoms with Gasteiger partial charge in [-0.3, -0.25) is 0 Å². The Kier molecular flexibility index (Phi) is 4.07. The number of aromatic hydroxyl groups is 2. The number of phenols is 2. The molecule has 0 amide bonds. The normalized spacial score (nSPS) is 11.2. The zero-order chi connectivity index (χ0) is 17.9. The number of hydrogen-bond donors (Lipinski definition) is 2. The Morgan fingerprint density at radius 3 is 2.15 bits per heavy atom. The van der Waals surface area contributed by atoms with E-state index in [-0.39, 0.29) is 11.5 Å². The zero-order valence-electron chi connectivity index (χ0n) is 13.9. The van der Waals surface area contributed by atoms with Crippen LogP contribution in [0.4, 0.5) is 11.4 Å². The number of fused-ring (bicyclic) bond motifs is 1. The Labute approximate surface area is 150 Å². The number of phenolic OH excluding ortho intramolecular Hbond substituents is 2. The van der Waals surface area contributed by atoms with E-state index >= 15 is 0 Å². The summed E-state index contributed by atoms with van der Waals surface area (Å²) in [6, 6.07) is 26.1. The lowest BCUT2D eigenvalue weighted by molar-refractivity contribution is 0.474. The van der Waals surface area contributed by atoms with Gasteiger partial charge in [0.15, 0.2) is 0 Å². The molecule has 2 N–H and O–H groups in total. The van der Waals surface area contributed by atoms with Crippen molar-refractivity contribution in [3.05, 3.63) is 84.9 Å². The van der Waals surface area contributed by atoms with Crippen LogP contribution in [0.25, 0.3) is 21.9 Å². The minimum absolute atomic E-state index is 0.0353. The third kappa shape index (κ3) is 3.00. The summed E-state index contributed by atoms with van der Waals surface area (Å²) in [7, 11) is 0. The molecular weight excluding hydrogens is 324 g/mol. The van der Waals surface area contributed by atoms with Crippen molar-refractivity contribution >= 4 is 22.1 Å². The highest BCUT2D eigenvalue weighted by molar-refractivity contribution is 5.95. The molecule has 26 heavy (non-hydrogen) atoms. The SMILES string of the molecule is Oc1ccc(-c2ccccc2)cc1N=Nc1c(O)ccc2ccccc12. The zero-order valence-corrected chi connectivity index (χ0v) is 13.9. The van der Waals surface area contributed by atoms with Crippen LogP contribution >= 0.6 is 0 Å². The fourth-order valence-corrected chi connectivity index (χ4v) is 2.87. The maximum atomic E-state index is 10.2. The predicted molar refractivity (Wildman–Crippen MR) is 103 cm³/mol. The van der Waals surface area contributed by atoms with Gasteiger partial charge in [-0.15, -0.1) is 10.2 Å². The lowest BCUT2D eigenvalue weighted by Crippen LogP contribution is -1.78. The van der Waals surface area contributed by atoms with Gasteiger partial charge in [0.05, 0.1) is 0 Å². The highest BCUT2D eigenvalue weighted by atomic mass is 16.3.